The second kappa shape index (κ2) is 5.50. The largest absolute Gasteiger partial charge is 0.465 e. The number of benzene rings is 1. The maximum Gasteiger partial charge on any atom is 0.405 e. The summed E-state index contributed by atoms with van der Waals surface area (Å²) in [7, 11) is -3.83. The van der Waals surface area contributed by atoms with Gasteiger partial charge in [-0.15, -0.1) is 0 Å². The Labute approximate surface area is 119 Å². The third-order valence-corrected chi connectivity index (χ3v) is 3.48. The number of hydrogen-bond donors (Lipinski definition) is 3. The summed E-state index contributed by atoms with van der Waals surface area (Å²) in [4.78, 5) is 14.5. The second-order valence-corrected chi connectivity index (χ2v) is 5.76. The molecule has 0 saturated carbocycles. The molecule has 0 aliphatic rings. The normalized spacial score (nSPS) is 12.9. The molecule has 0 saturated heterocycles. The number of nitrogens with two attached hydrogens (primary N) is 1. The molecule has 1 heterocycles. The van der Waals surface area contributed by atoms with Crippen molar-refractivity contribution >= 4 is 16.1 Å². The first kappa shape index (κ1) is 14.9. The molecule has 9 nitrogen and oxygen atoms in total. The number of carboxylic acid groups (broad SMARTS) is 1. The number of amides is 1. The van der Waals surface area contributed by atoms with Crippen LogP contribution in [0.3, 0.4) is 0 Å². The summed E-state index contributed by atoms with van der Waals surface area (Å²) in [6.45, 7) is 1.53. The number of sulfonamides is 1. The Bertz CT molecular complexity index is 770. The quantitative estimate of drug-likeness (QED) is 0.752. The molecule has 1 atom stereocenters. The van der Waals surface area contributed by atoms with Crippen LogP contribution in [0.2, 0.25) is 0 Å². The molecular formula is C11H12N4O5S. The molecule has 0 fully saturated rings. The zero-order chi connectivity index (χ0) is 15.6. The summed E-state index contributed by atoms with van der Waals surface area (Å²) in [6, 6.07) is 5.03. The molecule has 1 amide bonds. The van der Waals surface area contributed by atoms with E-state index in [4.69, 9.17) is 14.8 Å². The number of primary sulfonamides is 1. The third-order valence-electron chi connectivity index (χ3n) is 2.57. The van der Waals surface area contributed by atoms with Crippen LogP contribution < -0.4 is 10.5 Å². The first-order valence-electron chi connectivity index (χ1n) is 5.73. The molecule has 21 heavy (non-hydrogen) atoms. The van der Waals surface area contributed by atoms with Crippen LogP contribution in [-0.2, 0) is 10.0 Å². The van der Waals surface area contributed by atoms with E-state index >= 15 is 0 Å². The van der Waals surface area contributed by atoms with Crippen LogP contribution in [0.25, 0.3) is 11.4 Å². The molecule has 0 radical (unpaired) electrons. The predicted molar refractivity (Wildman–Crippen MR) is 70.7 cm³/mol. The molecule has 4 N–H and O–H groups in total. The van der Waals surface area contributed by atoms with E-state index in [1.807, 2.05) is 0 Å². The summed E-state index contributed by atoms with van der Waals surface area (Å²) in [5, 5.41) is 19.5. The third kappa shape index (κ3) is 3.55. The molecule has 1 aromatic heterocycles. The highest BCUT2D eigenvalue weighted by Gasteiger charge is 2.17. The molecule has 0 aliphatic heterocycles. The van der Waals surface area contributed by atoms with Crippen molar-refractivity contribution in [3.63, 3.8) is 0 Å². The number of hydrogen-bond acceptors (Lipinski definition) is 6. The highest BCUT2D eigenvalue weighted by atomic mass is 32.2. The fourth-order valence-corrected chi connectivity index (χ4v) is 2.15. The molecular weight excluding hydrogens is 300 g/mol. The Morgan fingerprint density at radius 1 is 1.48 bits per heavy atom. The van der Waals surface area contributed by atoms with Crippen LogP contribution in [0, 0.1) is 0 Å². The summed E-state index contributed by atoms with van der Waals surface area (Å²) in [5.74, 6) is 0.197. The highest BCUT2D eigenvalue weighted by Crippen LogP contribution is 2.21. The van der Waals surface area contributed by atoms with Crippen LogP contribution in [0.4, 0.5) is 4.79 Å². The van der Waals surface area contributed by atoms with Crippen molar-refractivity contribution in [3.05, 3.63) is 30.2 Å². The predicted octanol–water partition coefficient (Wildman–Crippen LogP) is 0.713. The van der Waals surface area contributed by atoms with Gasteiger partial charge >= 0.3 is 6.09 Å². The Kier molecular flexibility index (Phi) is 3.91. The van der Waals surface area contributed by atoms with Gasteiger partial charge in [0.2, 0.25) is 21.7 Å². The van der Waals surface area contributed by atoms with Crippen molar-refractivity contribution in [2.45, 2.75) is 17.9 Å². The van der Waals surface area contributed by atoms with E-state index in [0.29, 0.717) is 5.56 Å². The van der Waals surface area contributed by atoms with Gasteiger partial charge in [0.15, 0.2) is 0 Å². The number of carbonyl (C=O) groups is 1. The monoisotopic (exact) mass is 312 g/mol. The Morgan fingerprint density at radius 3 is 2.81 bits per heavy atom. The average molecular weight is 312 g/mol. The van der Waals surface area contributed by atoms with Crippen molar-refractivity contribution in [1.29, 1.82) is 0 Å². The zero-order valence-corrected chi connectivity index (χ0v) is 11.7. The van der Waals surface area contributed by atoms with E-state index in [1.165, 1.54) is 25.1 Å². The average Bonchev–Trinajstić information content (AvgIpc) is 2.86. The van der Waals surface area contributed by atoms with Gasteiger partial charge in [0.25, 0.3) is 0 Å². The van der Waals surface area contributed by atoms with E-state index in [0.717, 1.165) is 0 Å². The molecule has 2 rings (SSSR count). The Balaban J connectivity index is 2.32. The topological polar surface area (TPSA) is 148 Å². The first-order valence-corrected chi connectivity index (χ1v) is 7.28. The molecule has 0 bridgehead atoms. The molecule has 0 aliphatic carbocycles. The molecule has 1 aromatic carbocycles. The summed E-state index contributed by atoms with van der Waals surface area (Å²) >= 11 is 0. The van der Waals surface area contributed by atoms with Crippen molar-refractivity contribution in [2.24, 2.45) is 5.14 Å². The number of nitrogens with one attached hydrogen (secondary N) is 1. The summed E-state index contributed by atoms with van der Waals surface area (Å²) < 4.78 is 27.5. The molecule has 0 spiro atoms. The Hall–Kier alpha value is -2.46. The van der Waals surface area contributed by atoms with Crippen LogP contribution in [-0.4, -0.2) is 29.8 Å². The maximum absolute atomic E-state index is 11.3. The van der Waals surface area contributed by atoms with Gasteiger partial charge in [0.05, 0.1) is 4.90 Å². The smallest absolute Gasteiger partial charge is 0.405 e. The van der Waals surface area contributed by atoms with Crippen LogP contribution in [0.1, 0.15) is 18.9 Å². The zero-order valence-electron chi connectivity index (χ0n) is 10.8. The summed E-state index contributed by atoms with van der Waals surface area (Å²) in [6.07, 6.45) is -1.22. The minimum Gasteiger partial charge on any atom is -0.465 e. The van der Waals surface area contributed by atoms with Gasteiger partial charge in [-0.2, -0.15) is 4.98 Å². The minimum absolute atomic E-state index is 0.0633. The Morgan fingerprint density at radius 2 is 2.19 bits per heavy atom. The molecule has 2 aromatic rings. The second-order valence-electron chi connectivity index (χ2n) is 4.20. The van der Waals surface area contributed by atoms with Gasteiger partial charge in [0, 0.05) is 5.56 Å². The standard InChI is InChI=1S/C11H12N4O5S/c1-6(13-11(16)17)10-14-9(15-20-10)7-3-2-4-8(5-7)21(12,18)19/h2-6,13H,1H3,(H,16,17)(H2,12,18,19). The fraction of sp³-hybridized carbons (Fsp3) is 0.182. The van der Waals surface area contributed by atoms with Crippen molar-refractivity contribution in [2.75, 3.05) is 0 Å². The van der Waals surface area contributed by atoms with Gasteiger partial charge in [-0.3, -0.25) is 0 Å². The van der Waals surface area contributed by atoms with Crippen molar-refractivity contribution < 1.29 is 22.8 Å². The number of aromatic nitrogens is 2. The highest BCUT2D eigenvalue weighted by molar-refractivity contribution is 7.89. The van der Waals surface area contributed by atoms with Crippen LogP contribution in [0.5, 0.6) is 0 Å². The van der Waals surface area contributed by atoms with E-state index in [2.05, 4.69) is 15.5 Å². The van der Waals surface area contributed by atoms with E-state index in [9.17, 15) is 13.2 Å². The lowest BCUT2D eigenvalue weighted by molar-refractivity contribution is 0.187. The van der Waals surface area contributed by atoms with Crippen LogP contribution in [0.15, 0.2) is 33.7 Å². The number of rotatable bonds is 4. The SMILES string of the molecule is CC(NC(=O)O)c1nc(-c2cccc(S(N)(=O)=O)c2)no1. The first-order chi connectivity index (χ1) is 9.77. The van der Waals surface area contributed by atoms with Crippen molar-refractivity contribution in [3.8, 4) is 11.4 Å². The van der Waals surface area contributed by atoms with Gasteiger partial charge < -0.3 is 14.9 Å². The fourth-order valence-electron chi connectivity index (χ4n) is 1.59. The minimum atomic E-state index is -3.83. The molecule has 112 valence electrons. The lowest BCUT2D eigenvalue weighted by Gasteiger charge is -2.04. The van der Waals surface area contributed by atoms with E-state index in [1.54, 1.807) is 6.07 Å². The molecule has 10 heteroatoms. The van der Waals surface area contributed by atoms with Gasteiger partial charge in [-0.1, -0.05) is 17.3 Å². The number of nitrogens with zero attached hydrogens (tertiary/aromatic N) is 2. The van der Waals surface area contributed by atoms with Gasteiger partial charge in [-0.25, -0.2) is 18.4 Å². The maximum atomic E-state index is 11.3. The summed E-state index contributed by atoms with van der Waals surface area (Å²) in [5.41, 5.74) is 0.388. The molecule has 1 unspecified atom stereocenters. The van der Waals surface area contributed by atoms with Gasteiger partial charge in [0.1, 0.15) is 6.04 Å². The van der Waals surface area contributed by atoms with E-state index in [-0.39, 0.29) is 16.6 Å². The lowest BCUT2D eigenvalue weighted by atomic mass is 10.2. The lowest BCUT2D eigenvalue weighted by Crippen LogP contribution is -2.24. The van der Waals surface area contributed by atoms with Crippen LogP contribution >= 0.6 is 0 Å². The van der Waals surface area contributed by atoms with E-state index < -0.39 is 22.2 Å². The van der Waals surface area contributed by atoms with Crippen molar-refractivity contribution in [1.82, 2.24) is 15.5 Å². The van der Waals surface area contributed by atoms with Gasteiger partial charge in [-0.05, 0) is 19.1 Å².